The first-order valence-corrected chi connectivity index (χ1v) is 13.9. The van der Waals surface area contributed by atoms with Crippen LogP contribution >= 0.6 is 0 Å². The average molecular weight is 515 g/mol. The van der Waals surface area contributed by atoms with Crippen molar-refractivity contribution in [1.29, 1.82) is 0 Å². The van der Waals surface area contributed by atoms with Crippen LogP contribution in [0.15, 0.2) is 53.8 Å². The van der Waals surface area contributed by atoms with Gasteiger partial charge in [0.25, 0.3) is 0 Å². The third kappa shape index (κ3) is 4.60. The minimum absolute atomic E-state index is 0.175. The van der Waals surface area contributed by atoms with Crippen molar-refractivity contribution in [2.45, 2.75) is 31.3 Å². The number of ether oxygens (including phenoxy) is 1. The second-order valence-corrected chi connectivity index (χ2v) is 11.1. The predicted octanol–water partition coefficient (Wildman–Crippen LogP) is 3.60. The van der Waals surface area contributed by atoms with Gasteiger partial charge in [0.1, 0.15) is 5.60 Å². The van der Waals surface area contributed by atoms with Gasteiger partial charge in [0.15, 0.2) is 0 Å². The fourth-order valence-electron chi connectivity index (χ4n) is 6.50. The smallest absolute Gasteiger partial charge is 0.225 e. The maximum atomic E-state index is 12.9. The number of aromatic nitrogens is 2. The van der Waals surface area contributed by atoms with Gasteiger partial charge in [-0.25, -0.2) is 4.52 Å². The molecule has 8 heteroatoms. The van der Waals surface area contributed by atoms with E-state index >= 15 is 0 Å². The monoisotopic (exact) mass is 514 g/mol. The Hall–Kier alpha value is -3.23. The number of methoxy groups -OCH3 is 1. The molecule has 4 heterocycles. The van der Waals surface area contributed by atoms with Gasteiger partial charge in [-0.05, 0) is 68.1 Å². The quantitative estimate of drug-likeness (QED) is 0.488. The molecule has 3 aromatic rings. The molecule has 0 radical (unpaired) electrons. The van der Waals surface area contributed by atoms with Crippen LogP contribution in [0, 0.1) is 11.8 Å². The second kappa shape index (κ2) is 10.5. The zero-order chi connectivity index (χ0) is 26.1. The van der Waals surface area contributed by atoms with E-state index in [1.807, 2.05) is 17.8 Å². The topological polar surface area (TPSA) is 74.5 Å². The van der Waals surface area contributed by atoms with Crippen molar-refractivity contribution in [3.63, 3.8) is 0 Å². The fraction of sp³-hybridized carbons (Fsp3) is 0.500. The summed E-state index contributed by atoms with van der Waals surface area (Å²) in [5, 5.41) is 8.07. The maximum absolute atomic E-state index is 12.9. The van der Waals surface area contributed by atoms with E-state index in [9.17, 15) is 4.79 Å². The van der Waals surface area contributed by atoms with E-state index < -0.39 is 0 Å². The molecule has 8 nitrogen and oxygen atoms in total. The lowest BCUT2D eigenvalue weighted by Crippen LogP contribution is -2.52. The van der Waals surface area contributed by atoms with Crippen LogP contribution in [0.3, 0.4) is 0 Å². The van der Waals surface area contributed by atoms with Gasteiger partial charge in [-0.3, -0.25) is 4.79 Å². The van der Waals surface area contributed by atoms with E-state index in [-0.39, 0.29) is 11.5 Å². The summed E-state index contributed by atoms with van der Waals surface area (Å²) in [5.41, 5.74) is 5.55. The minimum Gasteiger partial charge on any atom is -0.372 e. The van der Waals surface area contributed by atoms with Gasteiger partial charge in [0.2, 0.25) is 5.91 Å². The third-order valence-corrected chi connectivity index (χ3v) is 8.87. The van der Waals surface area contributed by atoms with Crippen molar-refractivity contribution in [1.82, 2.24) is 19.8 Å². The molecule has 2 saturated heterocycles. The molecule has 1 saturated carbocycles. The first-order valence-electron chi connectivity index (χ1n) is 13.9. The molecule has 200 valence electrons. The molecule has 3 aliphatic rings. The number of carbonyl (C=O) groups is 1. The highest BCUT2D eigenvalue weighted by Crippen LogP contribution is 2.36. The number of amides is 1. The van der Waals surface area contributed by atoms with Crippen molar-refractivity contribution < 1.29 is 9.53 Å². The van der Waals surface area contributed by atoms with Gasteiger partial charge in [-0.2, -0.15) is 5.10 Å². The molecule has 2 aliphatic heterocycles. The number of carbonyl (C=O) groups excluding carboxylic acids is 1. The number of hydrogen-bond acceptors (Lipinski definition) is 6. The van der Waals surface area contributed by atoms with E-state index in [1.165, 1.54) is 16.8 Å². The Morgan fingerprint density at radius 3 is 2.63 bits per heavy atom. The predicted molar refractivity (Wildman–Crippen MR) is 151 cm³/mol. The summed E-state index contributed by atoms with van der Waals surface area (Å²) in [5.74, 6) is 1.03. The van der Waals surface area contributed by atoms with E-state index in [4.69, 9.17) is 4.74 Å². The van der Waals surface area contributed by atoms with Crippen LogP contribution < -0.4 is 10.2 Å². The van der Waals surface area contributed by atoms with Crippen LogP contribution in [-0.4, -0.2) is 80.1 Å². The normalized spacial score (nSPS) is 25.8. The van der Waals surface area contributed by atoms with Crippen LogP contribution in [-0.2, 0) is 15.1 Å². The van der Waals surface area contributed by atoms with Gasteiger partial charge in [-0.1, -0.05) is 24.3 Å². The van der Waals surface area contributed by atoms with Crippen molar-refractivity contribution in [2.75, 3.05) is 57.8 Å². The summed E-state index contributed by atoms with van der Waals surface area (Å²) in [6, 6.07) is 13.1. The summed E-state index contributed by atoms with van der Waals surface area (Å²) in [7, 11) is 1.81. The SMILES string of the molecule is C=NC[C@H]1C[C@H](C(=O)N2CCN(c3ccnn4cc(-c5ccc([C@]6(OC)CCCNC6)cc5)cc34)CC2)C1. The highest BCUT2D eigenvalue weighted by molar-refractivity contribution is 5.82. The van der Waals surface area contributed by atoms with Crippen LogP contribution in [0.2, 0.25) is 0 Å². The minimum atomic E-state index is -0.246. The molecule has 1 aromatic carbocycles. The number of aliphatic imine (C=N–C) groups is 1. The summed E-state index contributed by atoms with van der Waals surface area (Å²) >= 11 is 0. The van der Waals surface area contributed by atoms with Gasteiger partial charge in [0.05, 0.1) is 11.2 Å². The third-order valence-electron chi connectivity index (χ3n) is 8.87. The first kappa shape index (κ1) is 25.1. The number of piperazine rings is 1. The van der Waals surface area contributed by atoms with Crippen molar-refractivity contribution >= 4 is 23.8 Å². The van der Waals surface area contributed by atoms with Crippen LogP contribution in [0.1, 0.15) is 31.2 Å². The van der Waals surface area contributed by atoms with Gasteiger partial charge in [0, 0.05) is 70.3 Å². The molecule has 0 unspecified atom stereocenters. The van der Waals surface area contributed by atoms with Crippen LogP contribution in [0.5, 0.6) is 0 Å². The largest absolute Gasteiger partial charge is 0.372 e. The number of nitrogens with one attached hydrogen (secondary N) is 1. The Labute approximate surface area is 224 Å². The molecule has 1 atom stereocenters. The van der Waals surface area contributed by atoms with Crippen LogP contribution in [0.4, 0.5) is 5.69 Å². The molecule has 1 aliphatic carbocycles. The molecule has 0 bridgehead atoms. The molecule has 2 aromatic heterocycles. The lowest BCUT2D eigenvalue weighted by atomic mass is 9.74. The van der Waals surface area contributed by atoms with E-state index in [0.29, 0.717) is 11.8 Å². The lowest BCUT2D eigenvalue weighted by Gasteiger charge is -2.41. The Morgan fingerprint density at radius 2 is 1.95 bits per heavy atom. The molecule has 6 rings (SSSR count). The molecule has 3 fully saturated rings. The Balaban J connectivity index is 1.15. The molecule has 0 spiro atoms. The Morgan fingerprint density at radius 1 is 1.16 bits per heavy atom. The number of rotatable bonds is 7. The molecular formula is C30H38N6O2. The Kier molecular flexibility index (Phi) is 6.93. The second-order valence-electron chi connectivity index (χ2n) is 11.1. The number of nitrogens with zero attached hydrogens (tertiary/aromatic N) is 5. The highest BCUT2D eigenvalue weighted by atomic mass is 16.5. The highest BCUT2D eigenvalue weighted by Gasteiger charge is 2.37. The molecule has 38 heavy (non-hydrogen) atoms. The summed E-state index contributed by atoms with van der Waals surface area (Å²) in [6.45, 7) is 9.45. The van der Waals surface area contributed by atoms with Gasteiger partial charge in [-0.15, -0.1) is 0 Å². The van der Waals surface area contributed by atoms with Crippen molar-refractivity contribution in [3.05, 3.63) is 54.4 Å². The standard InChI is InChI=1S/C30H38N6O2/c1-31-19-22-16-24(17-22)29(37)35-14-12-34(13-15-35)27-8-11-33-36-20-25(18-28(27)36)23-4-6-26(7-5-23)30(38-2)9-3-10-32-21-30/h4-8,11,18,20,22,24,32H,1,3,9-10,12-17,19,21H2,2H3/t22-,24-,30-/m0/s1. The zero-order valence-corrected chi connectivity index (χ0v) is 22.3. The summed E-state index contributed by atoms with van der Waals surface area (Å²) in [6.07, 6.45) is 8.04. The zero-order valence-electron chi connectivity index (χ0n) is 22.3. The van der Waals surface area contributed by atoms with Crippen molar-refractivity contribution in [2.24, 2.45) is 16.8 Å². The Bertz CT molecular complexity index is 1280. The summed E-state index contributed by atoms with van der Waals surface area (Å²) < 4.78 is 7.96. The number of benzene rings is 1. The van der Waals surface area contributed by atoms with Gasteiger partial charge >= 0.3 is 0 Å². The molecule has 1 amide bonds. The maximum Gasteiger partial charge on any atom is 0.225 e. The number of fused-ring (bicyclic) bond motifs is 1. The first-order chi connectivity index (χ1) is 18.6. The van der Waals surface area contributed by atoms with Crippen LogP contribution in [0.25, 0.3) is 16.6 Å². The van der Waals surface area contributed by atoms with E-state index in [2.05, 4.69) is 74.5 Å². The van der Waals surface area contributed by atoms with Crippen molar-refractivity contribution in [3.8, 4) is 11.1 Å². The molecular weight excluding hydrogens is 476 g/mol. The van der Waals surface area contributed by atoms with Gasteiger partial charge < -0.3 is 24.8 Å². The lowest BCUT2D eigenvalue weighted by molar-refractivity contribution is -0.140. The number of hydrogen-bond donors (Lipinski definition) is 1. The number of anilines is 1. The molecule has 1 N–H and O–H groups in total. The van der Waals surface area contributed by atoms with E-state index in [0.717, 1.165) is 82.6 Å². The summed E-state index contributed by atoms with van der Waals surface area (Å²) in [4.78, 5) is 21.4. The number of piperidine rings is 1. The fourth-order valence-corrected chi connectivity index (χ4v) is 6.50. The van der Waals surface area contributed by atoms with E-state index in [1.54, 1.807) is 0 Å². The average Bonchev–Trinajstić information content (AvgIpc) is 3.40.